The van der Waals surface area contributed by atoms with Crippen LogP contribution in [0.1, 0.15) is 52.9 Å². The average molecular weight is 296 g/mol. The zero-order valence-corrected chi connectivity index (χ0v) is 14.3. The zero-order chi connectivity index (χ0) is 15.5. The second-order valence-corrected chi connectivity index (χ2v) is 7.65. The van der Waals surface area contributed by atoms with Crippen molar-refractivity contribution in [2.45, 2.75) is 58.5 Å². The number of carbonyl (C=O) groups excluding carboxylic acids is 1. The SMILES string of the molecule is CCC[C@]1(CC(=O)N2CCN(C)CC2)CCOC(C)(C)C1. The van der Waals surface area contributed by atoms with E-state index in [0.29, 0.717) is 12.3 Å². The first kappa shape index (κ1) is 16.8. The highest BCUT2D eigenvalue weighted by Crippen LogP contribution is 2.45. The van der Waals surface area contributed by atoms with Gasteiger partial charge in [-0.25, -0.2) is 0 Å². The summed E-state index contributed by atoms with van der Waals surface area (Å²) >= 11 is 0. The highest BCUT2D eigenvalue weighted by Gasteiger charge is 2.42. The Balaban J connectivity index is 2.00. The van der Waals surface area contributed by atoms with Gasteiger partial charge in [0.05, 0.1) is 5.60 Å². The van der Waals surface area contributed by atoms with Crippen molar-refractivity contribution >= 4 is 5.91 Å². The van der Waals surface area contributed by atoms with Crippen LogP contribution in [0.5, 0.6) is 0 Å². The molecule has 4 heteroatoms. The van der Waals surface area contributed by atoms with E-state index in [1.807, 2.05) is 0 Å². The van der Waals surface area contributed by atoms with Crippen LogP contribution >= 0.6 is 0 Å². The summed E-state index contributed by atoms with van der Waals surface area (Å²) in [6, 6.07) is 0. The van der Waals surface area contributed by atoms with E-state index in [-0.39, 0.29) is 11.0 Å². The molecular weight excluding hydrogens is 264 g/mol. The maximum Gasteiger partial charge on any atom is 0.223 e. The summed E-state index contributed by atoms with van der Waals surface area (Å²) in [5, 5.41) is 0. The van der Waals surface area contributed by atoms with Crippen molar-refractivity contribution in [3.8, 4) is 0 Å². The van der Waals surface area contributed by atoms with Crippen molar-refractivity contribution in [2.75, 3.05) is 39.8 Å². The van der Waals surface area contributed by atoms with Crippen LogP contribution in [0.2, 0.25) is 0 Å². The van der Waals surface area contributed by atoms with Crippen molar-refractivity contribution < 1.29 is 9.53 Å². The molecule has 2 heterocycles. The van der Waals surface area contributed by atoms with Crippen LogP contribution in [0.3, 0.4) is 0 Å². The third kappa shape index (κ3) is 4.43. The van der Waals surface area contributed by atoms with E-state index in [0.717, 1.165) is 58.5 Å². The highest BCUT2D eigenvalue weighted by molar-refractivity contribution is 5.77. The summed E-state index contributed by atoms with van der Waals surface area (Å²) in [6.45, 7) is 11.1. The van der Waals surface area contributed by atoms with Gasteiger partial charge in [-0.15, -0.1) is 0 Å². The number of rotatable bonds is 4. The normalized spacial score (nSPS) is 30.4. The molecule has 0 aromatic heterocycles. The lowest BCUT2D eigenvalue weighted by molar-refractivity contribution is -0.144. The molecule has 0 N–H and O–H groups in total. The second kappa shape index (κ2) is 6.66. The molecule has 0 radical (unpaired) electrons. The van der Waals surface area contributed by atoms with Gasteiger partial charge in [-0.2, -0.15) is 0 Å². The van der Waals surface area contributed by atoms with Crippen LogP contribution in [-0.4, -0.2) is 61.1 Å². The smallest absolute Gasteiger partial charge is 0.223 e. The van der Waals surface area contributed by atoms with E-state index in [2.05, 4.69) is 37.6 Å². The Morgan fingerprint density at radius 1 is 1.19 bits per heavy atom. The van der Waals surface area contributed by atoms with Crippen LogP contribution < -0.4 is 0 Å². The number of piperazine rings is 1. The summed E-state index contributed by atoms with van der Waals surface area (Å²) in [4.78, 5) is 17.1. The number of hydrogen-bond acceptors (Lipinski definition) is 3. The molecule has 0 aromatic carbocycles. The number of nitrogens with zero attached hydrogens (tertiary/aromatic N) is 2. The lowest BCUT2D eigenvalue weighted by Crippen LogP contribution is -2.50. The van der Waals surface area contributed by atoms with Gasteiger partial charge in [-0.05, 0) is 45.6 Å². The third-order valence-electron chi connectivity index (χ3n) is 5.09. The predicted octanol–water partition coefficient (Wildman–Crippen LogP) is 2.53. The minimum Gasteiger partial charge on any atom is -0.376 e. The van der Waals surface area contributed by atoms with E-state index < -0.39 is 0 Å². The molecule has 2 fully saturated rings. The van der Waals surface area contributed by atoms with Crippen molar-refractivity contribution in [2.24, 2.45) is 5.41 Å². The molecule has 1 amide bonds. The molecule has 1 atom stereocenters. The van der Waals surface area contributed by atoms with E-state index in [1.165, 1.54) is 0 Å². The van der Waals surface area contributed by atoms with Gasteiger partial charge < -0.3 is 14.5 Å². The molecule has 2 rings (SSSR count). The van der Waals surface area contributed by atoms with Crippen LogP contribution in [0.25, 0.3) is 0 Å². The molecule has 0 unspecified atom stereocenters. The van der Waals surface area contributed by atoms with E-state index in [4.69, 9.17) is 4.74 Å². The first-order chi connectivity index (χ1) is 9.86. The quantitative estimate of drug-likeness (QED) is 0.799. The number of ether oxygens (including phenoxy) is 1. The van der Waals surface area contributed by atoms with Gasteiger partial charge in [0.2, 0.25) is 5.91 Å². The van der Waals surface area contributed by atoms with Crippen molar-refractivity contribution in [1.29, 1.82) is 0 Å². The average Bonchev–Trinajstić information content (AvgIpc) is 2.38. The minimum atomic E-state index is -0.0875. The maximum atomic E-state index is 12.7. The molecule has 21 heavy (non-hydrogen) atoms. The standard InChI is InChI=1S/C17H32N2O2/c1-5-6-17(7-12-21-16(2,3)14-17)13-15(20)19-10-8-18(4)9-11-19/h5-14H2,1-4H3/t17-/m1/s1. The first-order valence-electron chi connectivity index (χ1n) is 8.46. The van der Waals surface area contributed by atoms with Gasteiger partial charge in [0, 0.05) is 39.2 Å². The Labute approximate surface area is 129 Å². The first-order valence-corrected chi connectivity index (χ1v) is 8.46. The van der Waals surface area contributed by atoms with E-state index >= 15 is 0 Å². The largest absolute Gasteiger partial charge is 0.376 e. The number of carbonyl (C=O) groups is 1. The predicted molar refractivity (Wildman–Crippen MR) is 85.3 cm³/mol. The summed E-state index contributed by atoms with van der Waals surface area (Å²) in [5.74, 6) is 0.356. The fraction of sp³-hybridized carbons (Fsp3) is 0.941. The summed E-state index contributed by atoms with van der Waals surface area (Å²) in [7, 11) is 2.13. The van der Waals surface area contributed by atoms with Gasteiger partial charge in [0.25, 0.3) is 0 Å². The Morgan fingerprint density at radius 3 is 2.43 bits per heavy atom. The van der Waals surface area contributed by atoms with E-state index in [9.17, 15) is 4.79 Å². The van der Waals surface area contributed by atoms with Gasteiger partial charge in [-0.1, -0.05) is 13.3 Å². The Morgan fingerprint density at radius 2 is 1.86 bits per heavy atom. The fourth-order valence-electron chi connectivity index (χ4n) is 4.06. The molecule has 0 bridgehead atoms. The Kier molecular flexibility index (Phi) is 5.31. The zero-order valence-electron chi connectivity index (χ0n) is 14.3. The molecule has 2 aliphatic rings. The maximum absolute atomic E-state index is 12.7. The van der Waals surface area contributed by atoms with Crippen molar-refractivity contribution in [3.63, 3.8) is 0 Å². The summed E-state index contributed by atoms with van der Waals surface area (Å²) < 4.78 is 5.88. The molecule has 0 aromatic rings. The van der Waals surface area contributed by atoms with Crippen LogP contribution in [-0.2, 0) is 9.53 Å². The van der Waals surface area contributed by atoms with E-state index in [1.54, 1.807) is 0 Å². The number of amides is 1. The summed E-state index contributed by atoms with van der Waals surface area (Å²) in [6.07, 6.45) is 5.03. The molecule has 2 aliphatic heterocycles. The van der Waals surface area contributed by atoms with Gasteiger partial charge in [0.15, 0.2) is 0 Å². The molecule has 122 valence electrons. The second-order valence-electron chi connectivity index (χ2n) is 7.65. The van der Waals surface area contributed by atoms with Crippen LogP contribution in [0.15, 0.2) is 0 Å². The molecule has 0 aliphatic carbocycles. The Hall–Kier alpha value is -0.610. The van der Waals surface area contributed by atoms with Gasteiger partial charge in [0.1, 0.15) is 0 Å². The van der Waals surface area contributed by atoms with Crippen LogP contribution in [0, 0.1) is 5.41 Å². The fourth-order valence-corrected chi connectivity index (χ4v) is 4.06. The highest BCUT2D eigenvalue weighted by atomic mass is 16.5. The van der Waals surface area contributed by atoms with Crippen molar-refractivity contribution in [1.82, 2.24) is 9.80 Å². The minimum absolute atomic E-state index is 0.0875. The number of hydrogen-bond donors (Lipinski definition) is 0. The molecule has 4 nitrogen and oxygen atoms in total. The van der Waals surface area contributed by atoms with Crippen LogP contribution in [0.4, 0.5) is 0 Å². The Bertz CT molecular complexity index is 358. The lowest BCUT2D eigenvalue weighted by atomic mass is 9.69. The lowest BCUT2D eigenvalue weighted by Gasteiger charge is -2.46. The van der Waals surface area contributed by atoms with Gasteiger partial charge >= 0.3 is 0 Å². The third-order valence-corrected chi connectivity index (χ3v) is 5.09. The van der Waals surface area contributed by atoms with Gasteiger partial charge in [-0.3, -0.25) is 4.79 Å². The summed E-state index contributed by atoms with van der Waals surface area (Å²) in [5.41, 5.74) is 0.0623. The number of likely N-dealkylation sites (N-methyl/N-ethyl adjacent to an activating group) is 1. The molecule has 0 spiro atoms. The molecule has 0 saturated carbocycles. The molecule has 2 saturated heterocycles. The van der Waals surface area contributed by atoms with Crippen molar-refractivity contribution in [3.05, 3.63) is 0 Å². The monoisotopic (exact) mass is 296 g/mol. The topological polar surface area (TPSA) is 32.8 Å². The molecular formula is C17H32N2O2.